The molecule has 5 nitrogen and oxygen atoms in total. The fourth-order valence-electron chi connectivity index (χ4n) is 8.69. The van der Waals surface area contributed by atoms with Crippen LogP contribution in [0.2, 0.25) is 0 Å². The lowest BCUT2D eigenvalue weighted by atomic mass is 9.77. The summed E-state index contributed by atoms with van der Waals surface area (Å²) in [6.45, 7) is 13.7. The van der Waals surface area contributed by atoms with Gasteiger partial charge in [0.2, 0.25) is 0 Å². The molecule has 0 fully saturated rings. The highest BCUT2D eigenvalue weighted by Gasteiger charge is 2.26. The molecule has 5 aromatic carbocycles. The fourth-order valence-corrected chi connectivity index (χ4v) is 8.69. The van der Waals surface area contributed by atoms with Gasteiger partial charge in [0.25, 0.3) is 0 Å². The number of benzene rings is 5. The molecule has 0 spiro atoms. The van der Waals surface area contributed by atoms with Crippen molar-refractivity contribution in [3.05, 3.63) is 209 Å². The van der Waals surface area contributed by atoms with Crippen molar-refractivity contribution in [2.24, 2.45) is 5.41 Å². The second-order valence-corrected chi connectivity index (χ2v) is 19.4. The summed E-state index contributed by atoms with van der Waals surface area (Å²) < 4.78 is 82.4. The number of nitrogens with zero attached hydrogens (tertiary/aromatic N) is 4. The van der Waals surface area contributed by atoms with Gasteiger partial charge in [-0.15, -0.1) is 0 Å². The number of aryl methyl sites for hydroxylation is 2. The third-order valence-corrected chi connectivity index (χ3v) is 12.1. The van der Waals surface area contributed by atoms with Crippen LogP contribution < -0.4 is 0 Å². The van der Waals surface area contributed by atoms with Gasteiger partial charge in [-0.3, -0.25) is 15.0 Å². The van der Waals surface area contributed by atoms with Crippen LogP contribution in [0.1, 0.15) is 104 Å². The Hall–Kier alpha value is -7.16. The van der Waals surface area contributed by atoms with Gasteiger partial charge < -0.3 is 4.42 Å². The summed E-state index contributed by atoms with van der Waals surface area (Å²) in [5.41, 5.74) is 5.96. The van der Waals surface area contributed by atoms with Crippen LogP contribution in [0.5, 0.6) is 0 Å². The quantitative estimate of drug-likeness (QED) is 0.115. The van der Waals surface area contributed by atoms with Crippen LogP contribution in [0.15, 0.2) is 169 Å². The molecule has 66 heavy (non-hydrogen) atoms. The van der Waals surface area contributed by atoms with E-state index < -0.39 is 35.4 Å². The summed E-state index contributed by atoms with van der Waals surface area (Å²) in [5.74, 6) is 0. The number of para-hydroxylation sites is 1. The lowest BCUT2D eigenvalue weighted by molar-refractivity contribution is 0.409. The minimum absolute atomic E-state index is 0.0741. The Bertz CT molecular complexity index is 3480. The Labute approximate surface area is 401 Å². The van der Waals surface area contributed by atoms with Crippen LogP contribution in [-0.4, -0.2) is 15.0 Å². The van der Waals surface area contributed by atoms with E-state index in [1.165, 1.54) is 18.3 Å². The van der Waals surface area contributed by atoms with Crippen molar-refractivity contribution in [1.29, 1.82) is 5.26 Å². The molecule has 0 saturated carbocycles. The zero-order valence-electron chi connectivity index (χ0n) is 46.5. The number of furan rings is 1. The molecule has 0 aliphatic carbocycles. The Morgan fingerprint density at radius 1 is 0.576 bits per heavy atom. The number of aromatic nitrogens is 3. The second-order valence-electron chi connectivity index (χ2n) is 19.4. The van der Waals surface area contributed by atoms with E-state index in [1.54, 1.807) is 51.1 Å². The molecule has 0 unspecified atom stereocenters. The lowest BCUT2D eigenvalue weighted by Crippen LogP contribution is -2.23. The maximum absolute atomic E-state index is 9.97. The Morgan fingerprint density at radius 3 is 1.70 bits per heavy atom. The van der Waals surface area contributed by atoms with E-state index in [-0.39, 0.29) is 45.6 Å². The van der Waals surface area contributed by atoms with Gasteiger partial charge in [-0.2, -0.15) is 5.26 Å². The van der Waals surface area contributed by atoms with Crippen molar-refractivity contribution in [2.75, 3.05) is 0 Å². The van der Waals surface area contributed by atoms with E-state index in [2.05, 4.69) is 45.9 Å². The van der Waals surface area contributed by atoms with Gasteiger partial charge in [-0.1, -0.05) is 152 Å². The first kappa shape index (κ1) is 35.1. The maximum Gasteiger partial charge on any atom is 0.144 e. The smallest absolute Gasteiger partial charge is 0.144 e. The summed E-state index contributed by atoms with van der Waals surface area (Å²) in [6.07, 6.45) is -1.86. The van der Waals surface area contributed by atoms with Crippen LogP contribution in [0.4, 0.5) is 0 Å². The average Bonchev–Trinajstić information content (AvgIpc) is 3.75. The molecule has 0 bridgehead atoms. The first-order chi connectivity index (χ1) is 34.8. The molecule has 0 aliphatic heterocycles. The van der Waals surface area contributed by atoms with E-state index in [0.29, 0.717) is 34.8 Å². The van der Waals surface area contributed by atoms with E-state index in [4.69, 9.17) is 22.1 Å². The third kappa shape index (κ3) is 9.75. The van der Waals surface area contributed by atoms with Crippen LogP contribution in [-0.2, 0) is 42.8 Å². The molecule has 0 amide bonds. The van der Waals surface area contributed by atoms with E-state index in [9.17, 15) is 13.5 Å². The van der Waals surface area contributed by atoms with E-state index in [0.717, 1.165) is 44.8 Å². The first-order valence-electron chi connectivity index (χ1n) is 26.4. The van der Waals surface area contributed by atoms with Crippen molar-refractivity contribution < 1.29 is 15.4 Å². The van der Waals surface area contributed by atoms with Gasteiger partial charge in [0.1, 0.15) is 11.2 Å². The molecule has 9 aromatic rings. The van der Waals surface area contributed by atoms with Gasteiger partial charge in [0, 0.05) is 54.3 Å². The van der Waals surface area contributed by atoms with Gasteiger partial charge >= 0.3 is 0 Å². The van der Waals surface area contributed by atoms with Gasteiger partial charge in [0.15, 0.2) is 0 Å². The molecule has 0 atom stereocenters. The summed E-state index contributed by atoms with van der Waals surface area (Å²) in [4.78, 5) is 14.4. The van der Waals surface area contributed by atoms with Crippen LogP contribution in [0, 0.1) is 16.7 Å². The van der Waals surface area contributed by atoms with Crippen LogP contribution >= 0.6 is 0 Å². The highest BCUT2D eigenvalue weighted by Crippen LogP contribution is 2.38. The zero-order chi connectivity index (χ0) is 53.2. The maximum atomic E-state index is 9.97. The van der Waals surface area contributed by atoms with Crippen molar-refractivity contribution in [2.45, 2.75) is 91.3 Å². The van der Waals surface area contributed by atoms with Crippen molar-refractivity contribution in [3.8, 4) is 39.8 Å². The average molecular weight is 871 g/mol. The first-order valence-corrected chi connectivity index (χ1v) is 22.4. The topological polar surface area (TPSA) is 75.6 Å². The normalized spacial score (nSPS) is 14.6. The molecule has 4 aromatic heterocycles. The molecule has 328 valence electrons. The summed E-state index contributed by atoms with van der Waals surface area (Å²) >= 11 is 0. The molecule has 0 aliphatic rings. The Balaban J connectivity index is 1.15. The summed E-state index contributed by atoms with van der Waals surface area (Å²) in [5, 5.41) is 10.7. The molecular weight excluding hydrogens is 805 g/mol. The standard InChI is InChI=1S/C61H58N4O/c1-59(2,3)36-48-33-56(53-20-14-19-52-51-26-22-42(37-62)32-57(51)66-58(52)53)63-38-47(48)23-21-41-29-43(34-60(4,5)49-24-27-54(64-39-49)45-15-10-8-11-16-45)31-44(30-41)35-61(6,7)50-25-28-55(65-40-50)46-17-12-9-13-18-46/h8-20,22,24-33,38-40H,21,23,34-36H2,1-7H3/i21D2,22D,23D2,32D,36D2. The number of fused-ring (bicyclic) bond motifs is 3. The number of hydrogen-bond donors (Lipinski definition) is 0. The highest BCUT2D eigenvalue weighted by atomic mass is 16.3. The minimum Gasteiger partial charge on any atom is -0.455 e. The Morgan fingerprint density at radius 2 is 1.15 bits per heavy atom. The summed E-state index contributed by atoms with van der Waals surface area (Å²) in [7, 11) is 0. The van der Waals surface area contributed by atoms with Crippen molar-refractivity contribution >= 4 is 21.9 Å². The number of nitriles is 1. The second kappa shape index (κ2) is 18.0. The molecule has 5 heteroatoms. The number of rotatable bonds is 13. The molecule has 4 heterocycles. The molecule has 9 rings (SSSR count). The predicted octanol–water partition coefficient (Wildman–Crippen LogP) is 15.1. The zero-order valence-corrected chi connectivity index (χ0v) is 38.5. The molecule has 0 radical (unpaired) electrons. The van der Waals surface area contributed by atoms with Gasteiger partial charge in [0.05, 0.1) is 31.5 Å². The molecular formula is C61H58N4O. The monoisotopic (exact) mass is 871 g/mol. The Kier molecular flexibility index (Phi) is 9.59. The van der Waals surface area contributed by atoms with Crippen LogP contribution in [0.25, 0.3) is 55.7 Å². The fraction of sp³-hybridized carbons (Fsp3) is 0.246. The predicted molar refractivity (Wildman–Crippen MR) is 271 cm³/mol. The van der Waals surface area contributed by atoms with Crippen molar-refractivity contribution in [3.63, 3.8) is 0 Å². The SMILES string of the molecule is [2H]c1cc2c(oc3c(-c4cc(C([2H])([2H])C(C)(C)C)c(C([2H])([2H])C([2H])([2H])c5cc(CC(C)(C)c6ccc(-c7ccccc7)nc6)cc(CC(C)(C)c6ccc(-c7ccccc7)nc6)c5)cn4)cccc32)c([2H])c1C#N. The van der Waals surface area contributed by atoms with E-state index in [1.807, 2.05) is 91.3 Å². The molecule has 0 saturated heterocycles. The molecule has 0 N–H and O–H groups in total. The number of pyridine rings is 3. The van der Waals surface area contributed by atoms with Crippen LogP contribution in [0.3, 0.4) is 0 Å². The van der Waals surface area contributed by atoms with Crippen molar-refractivity contribution in [1.82, 2.24) is 15.0 Å². The van der Waals surface area contributed by atoms with E-state index >= 15 is 0 Å². The highest BCUT2D eigenvalue weighted by molar-refractivity contribution is 6.09. The van der Waals surface area contributed by atoms with Gasteiger partial charge in [-0.25, -0.2) is 0 Å². The summed E-state index contributed by atoms with van der Waals surface area (Å²) in [6, 6.07) is 43.5. The minimum atomic E-state index is -2.86. The largest absolute Gasteiger partial charge is 0.455 e. The third-order valence-electron chi connectivity index (χ3n) is 12.1. The lowest BCUT2D eigenvalue weighted by Gasteiger charge is -2.28. The van der Waals surface area contributed by atoms with Gasteiger partial charge in [-0.05, 0) is 130 Å². The number of hydrogen-bond acceptors (Lipinski definition) is 5.